The number of hydrogen-bond donors (Lipinski definition) is 1. The number of nitrogens with one attached hydrogen (secondary N) is 1. The number of nitro groups is 2. The van der Waals surface area contributed by atoms with E-state index in [1.165, 1.54) is 12.1 Å². The Morgan fingerprint density at radius 3 is 2.22 bits per heavy atom. The van der Waals surface area contributed by atoms with Crippen LogP contribution in [0.15, 0.2) is 72.8 Å². The fraction of sp³-hybridized carbons (Fsp3) is 0.0526. The maximum Gasteiger partial charge on any atom is 0.299 e. The summed E-state index contributed by atoms with van der Waals surface area (Å²) >= 11 is 0. The van der Waals surface area contributed by atoms with Gasteiger partial charge in [0.2, 0.25) is 0 Å². The van der Waals surface area contributed by atoms with Gasteiger partial charge in [0.1, 0.15) is 18.0 Å². The number of benzene rings is 3. The normalized spacial score (nSPS) is 10.2. The highest BCUT2D eigenvalue weighted by atomic mass is 16.6. The second kappa shape index (κ2) is 7.96. The molecule has 27 heavy (non-hydrogen) atoms. The minimum atomic E-state index is -0.673. The molecule has 0 fully saturated rings. The molecule has 3 aromatic carbocycles. The van der Waals surface area contributed by atoms with Gasteiger partial charge in [0.15, 0.2) is 0 Å². The summed E-state index contributed by atoms with van der Waals surface area (Å²) < 4.78 is 5.82. The minimum Gasteiger partial charge on any atom is -0.487 e. The van der Waals surface area contributed by atoms with Crippen LogP contribution in [0.1, 0.15) is 5.56 Å². The van der Waals surface area contributed by atoms with Gasteiger partial charge >= 0.3 is 0 Å². The van der Waals surface area contributed by atoms with Crippen LogP contribution >= 0.6 is 0 Å². The Kier molecular flexibility index (Phi) is 5.27. The average molecular weight is 365 g/mol. The maximum absolute atomic E-state index is 11.3. The molecule has 0 aliphatic carbocycles. The van der Waals surface area contributed by atoms with Crippen LogP contribution in [0, 0.1) is 20.2 Å². The van der Waals surface area contributed by atoms with Gasteiger partial charge in [-0.3, -0.25) is 20.2 Å². The van der Waals surface area contributed by atoms with Gasteiger partial charge in [-0.25, -0.2) is 0 Å². The number of rotatable bonds is 7. The van der Waals surface area contributed by atoms with Crippen molar-refractivity contribution in [1.29, 1.82) is 0 Å². The SMILES string of the molecule is O=[N+]([O-])c1ccc(Nc2ccccc2OCc2ccccc2)c([N+](=O)[O-])c1. The van der Waals surface area contributed by atoms with E-state index in [1.54, 1.807) is 24.3 Å². The lowest BCUT2D eigenvalue weighted by atomic mass is 10.2. The van der Waals surface area contributed by atoms with Gasteiger partial charge in [0, 0.05) is 6.07 Å². The second-order valence-electron chi connectivity index (χ2n) is 5.61. The van der Waals surface area contributed by atoms with Crippen molar-refractivity contribution in [2.45, 2.75) is 6.61 Å². The first-order valence-corrected chi connectivity index (χ1v) is 8.00. The van der Waals surface area contributed by atoms with Crippen molar-refractivity contribution in [3.63, 3.8) is 0 Å². The van der Waals surface area contributed by atoms with E-state index < -0.39 is 9.85 Å². The lowest BCUT2D eigenvalue weighted by Crippen LogP contribution is -2.01. The molecule has 0 radical (unpaired) electrons. The predicted molar refractivity (Wildman–Crippen MR) is 100 cm³/mol. The van der Waals surface area contributed by atoms with Gasteiger partial charge in [-0.05, 0) is 23.8 Å². The Hall–Kier alpha value is -3.94. The molecule has 0 aliphatic heterocycles. The van der Waals surface area contributed by atoms with Gasteiger partial charge in [-0.1, -0.05) is 42.5 Å². The number of nitrogens with zero attached hydrogens (tertiary/aromatic N) is 2. The number of hydrogen-bond acceptors (Lipinski definition) is 6. The first-order valence-electron chi connectivity index (χ1n) is 8.00. The van der Waals surface area contributed by atoms with Crippen molar-refractivity contribution in [1.82, 2.24) is 0 Å². The lowest BCUT2D eigenvalue weighted by molar-refractivity contribution is -0.393. The molecule has 1 N–H and O–H groups in total. The summed E-state index contributed by atoms with van der Waals surface area (Å²) in [4.78, 5) is 20.8. The smallest absolute Gasteiger partial charge is 0.299 e. The van der Waals surface area contributed by atoms with Crippen molar-refractivity contribution >= 4 is 22.7 Å². The van der Waals surface area contributed by atoms with E-state index in [9.17, 15) is 20.2 Å². The maximum atomic E-state index is 11.3. The van der Waals surface area contributed by atoms with E-state index >= 15 is 0 Å². The van der Waals surface area contributed by atoms with Gasteiger partial charge in [-0.2, -0.15) is 0 Å². The highest BCUT2D eigenvalue weighted by molar-refractivity contribution is 5.74. The topological polar surface area (TPSA) is 108 Å². The number of ether oxygens (including phenoxy) is 1. The summed E-state index contributed by atoms with van der Waals surface area (Å²) in [5.74, 6) is 0.508. The highest BCUT2D eigenvalue weighted by Crippen LogP contribution is 2.34. The standard InChI is InChI=1S/C19H15N3O5/c23-21(24)15-10-11-16(18(12-15)22(25)26)20-17-8-4-5-9-19(17)27-13-14-6-2-1-3-7-14/h1-12,20H,13H2. The molecule has 0 amide bonds. The van der Waals surface area contributed by atoms with E-state index in [1.807, 2.05) is 30.3 Å². The zero-order chi connectivity index (χ0) is 19.2. The quantitative estimate of drug-likeness (QED) is 0.475. The van der Waals surface area contributed by atoms with E-state index in [0.29, 0.717) is 18.0 Å². The summed E-state index contributed by atoms with van der Waals surface area (Å²) in [6, 6.07) is 20.0. The molecule has 0 spiro atoms. The fourth-order valence-corrected chi connectivity index (χ4v) is 2.47. The zero-order valence-electron chi connectivity index (χ0n) is 14.1. The summed E-state index contributed by atoms with van der Waals surface area (Å²) in [5.41, 5.74) is 0.906. The Bertz CT molecular complexity index is 976. The molecule has 0 aromatic heterocycles. The molecule has 0 atom stereocenters. The molecule has 3 aromatic rings. The van der Waals surface area contributed by atoms with Crippen LogP contribution in [0.2, 0.25) is 0 Å². The Morgan fingerprint density at radius 2 is 1.52 bits per heavy atom. The van der Waals surface area contributed by atoms with Gasteiger partial charge in [-0.15, -0.1) is 0 Å². The molecule has 3 rings (SSSR count). The van der Waals surface area contributed by atoms with Crippen molar-refractivity contribution in [3.8, 4) is 5.75 Å². The van der Waals surface area contributed by atoms with Crippen LogP contribution < -0.4 is 10.1 Å². The fourth-order valence-electron chi connectivity index (χ4n) is 2.47. The minimum absolute atomic E-state index is 0.140. The van der Waals surface area contributed by atoms with Crippen molar-refractivity contribution in [2.75, 3.05) is 5.32 Å². The predicted octanol–water partition coefficient (Wildman–Crippen LogP) is 4.83. The van der Waals surface area contributed by atoms with E-state index in [2.05, 4.69) is 5.32 Å². The molecular formula is C19H15N3O5. The Morgan fingerprint density at radius 1 is 0.815 bits per heavy atom. The van der Waals surface area contributed by atoms with Gasteiger partial charge in [0.25, 0.3) is 11.4 Å². The zero-order valence-corrected chi connectivity index (χ0v) is 14.1. The molecule has 8 nitrogen and oxygen atoms in total. The third-order valence-electron chi connectivity index (χ3n) is 3.78. The van der Waals surface area contributed by atoms with Gasteiger partial charge < -0.3 is 10.1 Å². The van der Waals surface area contributed by atoms with E-state index in [0.717, 1.165) is 11.6 Å². The van der Waals surface area contributed by atoms with Gasteiger partial charge in [0.05, 0.1) is 21.6 Å². The molecule has 0 unspecified atom stereocenters. The highest BCUT2D eigenvalue weighted by Gasteiger charge is 2.20. The van der Waals surface area contributed by atoms with E-state index in [-0.39, 0.29) is 17.1 Å². The van der Waals surface area contributed by atoms with Crippen LogP contribution in [0.5, 0.6) is 5.75 Å². The summed E-state index contributed by atoms with van der Waals surface area (Å²) in [6.45, 7) is 0.335. The number of anilines is 2. The molecule has 136 valence electrons. The van der Waals surface area contributed by atoms with Crippen molar-refractivity contribution < 1.29 is 14.6 Å². The van der Waals surface area contributed by atoms with E-state index in [4.69, 9.17) is 4.74 Å². The number of nitro benzene ring substituents is 2. The van der Waals surface area contributed by atoms with Crippen molar-refractivity contribution in [2.24, 2.45) is 0 Å². The molecule has 0 heterocycles. The molecule has 0 saturated carbocycles. The molecular weight excluding hydrogens is 350 g/mol. The summed E-state index contributed by atoms with van der Waals surface area (Å²) in [7, 11) is 0. The number of para-hydroxylation sites is 2. The molecule has 8 heteroatoms. The molecule has 0 bridgehead atoms. The van der Waals surface area contributed by atoms with Crippen LogP contribution in [-0.4, -0.2) is 9.85 Å². The monoisotopic (exact) mass is 365 g/mol. The van der Waals surface area contributed by atoms with Crippen LogP contribution in [0.4, 0.5) is 22.7 Å². The molecule has 0 saturated heterocycles. The number of non-ortho nitro benzene ring substituents is 1. The Labute approximate surface area is 154 Å². The van der Waals surface area contributed by atoms with Crippen LogP contribution in [-0.2, 0) is 6.61 Å². The summed E-state index contributed by atoms with van der Waals surface area (Å²) in [5, 5.41) is 25.1. The first kappa shape index (κ1) is 17.9. The van der Waals surface area contributed by atoms with Crippen LogP contribution in [0.3, 0.4) is 0 Å². The summed E-state index contributed by atoms with van der Waals surface area (Å²) in [6.07, 6.45) is 0. The third kappa shape index (κ3) is 4.37. The average Bonchev–Trinajstić information content (AvgIpc) is 2.68. The molecule has 0 aliphatic rings. The van der Waals surface area contributed by atoms with Crippen LogP contribution in [0.25, 0.3) is 0 Å². The largest absolute Gasteiger partial charge is 0.487 e. The second-order valence-corrected chi connectivity index (χ2v) is 5.61. The lowest BCUT2D eigenvalue weighted by Gasteiger charge is -2.13. The Balaban J connectivity index is 1.86. The first-order chi connectivity index (χ1) is 13.0. The third-order valence-corrected chi connectivity index (χ3v) is 3.78. The van der Waals surface area contributed by atoms with Crippen molar-refractivity contribution in [3.05, 3.63) is 98.6 Å².